The molecular formula is C22H24FN5O3. The number of anilines is 1. The third-order valence-electron chi connectivity index (χ3n) is 4.24. The van der Waals surface area contributed by atoms with Crippen LogP contribution < -0.4 is 10.6 Å². The molecule has 0 radical (unpaired) electrons. The highest BCUT2D eigenvalue weighted by molar-refractivity contribution is 6.00. The summed E-state index contributed by atoms with van der Waals surface area (Å²) in [4.78, 5) is 28.7. The van der Waals surface area contributed by atoms with E-state index in [2.05, 4.69) is 25.8 Å². The zero-order valence-electron chi connectivity index (χ0n) is 17.7. The van der Waals surface area contributed by atoms with Gasteiger partial charge in [0.25, 0.3) is 0 Å². The molecule has 0 bridgehead atoms. The summed E-state index contributed by atoms with van der Waals surface area (Å²) in [6, 6.07) is 8.60. The highest BCUT2D eigenvalue weighted by atomic mass is 19.1. The van der Waals surface area contributed by atoms with Gasteiger partial charge < -0.3 is 15.4 Å². The Hall–Kier alpha value is -3.75. The third-order valence-corrected chi connectivity index (χ3v) is 4.24. The van der Waals surface area contributed by atoms with E-state index in [4.69, 9.17) is 4.74 Å². The molecule has 1 atom stereocenters. The Morgan fingerprint density at radius 1 is 1.06 bits per heavy atom. The van der Waals surface area contributed by atoms with Crippen molar-refractivity contribution in [2.75, 3.05) is 5.32 Å². The molecule has 2 aromatic heterocycles. The predicted octanol–water partition coefficient (Wildman–Crippen LogP) is 4.13. The first-order valence-electron chi connectivity index (χ1n) is 9.69. The van der Waals surface area contributed by atoms with Crippen LogP contribution in [0.2, 0.25) is 0 Å². The smallest absolute Gasteiger partial charge is 0.408 e. The van der Waals surface area contributed by atoms with E-state index in [1.54, 1.807) is 64.4 Å². The highest BCUT2D eigenvalue weighted by Gasteiger charge is 2.24. The van der Waals surface area contributed by atoms with E-state index in [0.717, 1.165) is 5.56 Å². The quantitative estimate of drug-likeness (QED) is 0.570. The van der Waals surface area contributed by atoms with Crippen LogP contribution >= 0.6 is 0 Å². The van der Waals surface area contributed by atoms with Crippen molar-refractivity contribution in [2.24, 2.45) is 0 Å². The lowest BCUT2D eigenvalue weighted by atomic mass is 10.0. The van der Waals surface area contributed by atoms with Crippen LogP contribution in [0.4, 0.5) is 15.0 Å². The summed E-state index contributed by atoms with van der Waals surface area (Å²) in [5.74, 6) is -0.559. The summed E-state index contributed by atoms with van der Waals surface area (Å²) in [5.41, 5.74) is 1.99. The lowest BCUT2D eigenvalue weighted by Crippen LogP contribution is -2.44. The van der Waals surface area contributed by atoms with Gasteiger partial charge in [0.15, 0.2) is 5.82 Å². The molecule has 0 spiro atoms. The van der Waals surface area contributed by atoms with Crippen LogP contribution in [-0.4, -0.2) is 38.8 Å². The fraction of sp³-hybridized carbons (Fsp3) is 0.273. The fourth-order valence-electron chi connectivity index (χ4n) is 2.83. The highest BCUT2D eigenvalue weighted by Crippen LogP contribution is 2.35. The van der Waals surface area contributed by atoms with E-state index in [1.165, 1.54) is 12.1 Å². The molecule has 0 saturated carbocycles. The van der Waals surface area contributed by atoms with Gasteiger partial charge in [-0.15, -0.1) is 0 Å². The second kappa shape index (κ2) is 8.95. The van der Waals surface area contributed by atoms with Crippen molar-refractivity contribution in [3.8, 4) is 22.4 Å². The SMILES string of the molecule is C[C@H](NC(=O)OC(C)(C)C)C(=O)Nc1n[nH]c(-c2ccc(F)cc2)c1-c1ccncc1. The van der Waals surface area contributed by atoms with Crippen LogP contribution in [0.15, 0.2) is 48.8 Å². The van der Waals surface area contributed by atoms with Crippen molar-refractivity contribution >= 4 is 17.8 Å². The summed E-state index contributed by atoms with van der Waals surface area (Å²) in [6.45, 7) is 6.75. The van der Waals surface area contributed by atoms with Gasteiger partial charge in [0, 0.05) is 18.0 Å². The maximum absolute atomic E-state index is 13.4. The van der Waals surface area contributed by atoms with Gasteiger partial charge in [0.1, 0.15) is 17.5 Å². The molecule has 8 nitrogen and oxygen atoms in total. The maximum atomic E-state index is 13.4. The van der Waals surface area contributed by atoms with Crippen molar-refractivity contribution in [2.45, 2.75) is 39.3 Å². The number of alkyl carbamates (subject to hydrolysis) is 1. The molecule has 0 aliphatic carbocycles. The van der Waals surface area contributed by atoms with Crippen LogP contribution in [0, 0.1) is 5.82 Å². The Morgan fingerprint density at radius 3 is 2.32 bits per heavy atom. The summed E-state index contributed by atoms with van der Waals surface area (Å²) >= 11 is 0. The summed E-state index contributed by atoms with van der Waals surface area (Å²) < 4.78 is 18.5. The minimum atomic E-state index is -0.869. The van der Waals surface area contributed by atoms with Crippen LogP contribution in [0.3, 0.4) is 0 Å². The number of hydrogen-bond acceptors (Lipinski definition) is 5. The topological polar surface area (TPSA) is 109 Å². The first-order chi connectivity index (χ1) is 14.6. The molecule has 1 aromatic carbocycles. The van der Waals surface area contributed by atoms with Gasteiger partial charge in [-0.1, -0.05) is 0 Å². The van der Waals surface area contributed by atoms with Crippen LogP contribution in [0.5, 0.6) is 0 Å². The zero-order chi connectivity index (χ0) is 22.6. The van der Waals surface area contributed by atoms with Crippen molar-refractivity contribution in [1.82, 2.24) is 20.5 Å². The first kappa shape index (κ1) is 21.9. The molecule has 0 saturated heterocycles. The van der Waals surface area contributed by atoms with Crippen LogP contribution in [-0.2, 0) is 9.53 Å². The van der Waals surface area contributed by atoms with E-state index >= 15 is 0 Å². The van der Waals surface area contributed by atoms with E-state index < -0.39 is 23.6 Å². The number of pyridine rings is 1. The monoisotopic (exact) mass is 425 g/mol. The Labute approximate surface area is 179 Å². The second-order valence-electron chi connectivity index (χ2n) is 7.92. The van der Waals surface area contributed by atoms with Crippen molar-refractivity contribution in [3.63, 3.8) is 0 Å². The van der Waals surface area contributed by atoms with Gasteiger partial charge in [0.05, 0.1) is 11.3 Å². The number of aromatic amines is 1. The molecular weight excluding hydrogens is 401 g/mol. The second-order valence-corrected chi connectivity index (χ2v) is 7.92. The van der Waals surface area contributed by atoms with E-state index in [9.17, 15) is 14.0 Å². The molecule has 3 N–H and O–H groups in total. The number of hydrogen-bond donors (Lipinski definition) is 3. The molecule has 2 heterocycles. The Bertz CT molecular complexity index is 1060. The van der Waals surface area contributed by atoms with Crippen LogP contribution in [0.1, 0.15) is 27.7 Å². The van der Waals surface area contributed by atoms with Crippen molar-refractivity contribution in [3.05, 3.63) is 54.6 Å². The van der Waals surface area contributed by atoms with Crippen molar-refractivity contribution < 1.29 is 18.7 Å². The number of rotatable bonds is 5. The van der Waals surface area contributed by atoms with Gasteiger partial charge >= 0.3 is 6.09 Å². The molecule has 3 rings (SSSR count). The molecule has 0 fully saturated rings. The Balaban J connectivity index is 1.87. The minimum absolute atomic E-state index is 0.272. The number of amides is 2. The molecule has 31 heavy (non-hydrogen) atoms. The molecule has 0 aliphatic rings. The number of carbonyl (C=O) groups excluding carboxylic acids is 2. The molecule has 0 aliphatic heterocycles. The van der Waals surface area contributed by atoms with Crippen molar-refractivity contribution in [1.29, 1.82) is 0 Å². The number of carbonyl (C=O) groups is 2. The summed E-state index contributed by atoms with van der Waals surface area (Å²) in [7, 11) is 0. The Morgan fingerprint density at radius 2 is 1.71 bits per heavy atom. The number of ether oxygens (including phenoxy) is 1. The van der Waals surface area contributed by atoms with Gasteiger partial charge in [-0.05, 0) is 69.7 Å². The third kappa shape index (κ3) is 5.65. The van der Waals surface area contributed by atoms with E-state index in [-0.39, 0.29) is 11.6 Å². The average Bonchev–Trinajstić information content (AvgIpc) is 3.11. The van der Waals surface area contributed by atoms with Gasteiger partial charge in [0.2, 0.25) is 5.91 Å². The Kier molecular flexibility index (Phi) is 6.33. The number of nitrogens with one attached hydrogen (secondary N) is 3. The fourth-order valence-corrected chi connectivity index (χ4v) is 2.83. The van der Waals surface area contributed by atoms with Gasteiger partial charge in [-0.3, -0.25) is 14.9 Å². The largest absolute Gasteiger partial charge is 0.444 e. The number of H-pyrrole nitrogens is 1. The average molecular weight is 425 g/mol. The first-order valence-corrected chi connectivity index (χ1v) is 9.69. The zero-order valence-corrected chi connectivity index (χ0v) is 17.7. The molecule has 2 amide bonds. The molecule has 0 unspecified atom stereocenters. The van der Waals surface area contributed by atoms with Crippen LogP contribution in [0.25, 0.3) is 22.4 Å². The van der Waals surface area contributed by atoms with Gasteiger partial charge in [-0.2, -0.15) is 5.10 Å². The predicted molar refractivity (Wildman–Crippen MR) is 115 cm³/mol. The lowest BCUT2D eigenvalue weighted by Gasteiger charge is -2.21. The summed E-state index contributed by atoms with van der Waals surface area (Å²) in [5, 5.41) is 12.4. The standard InChI is InChI=1S/C22H24FN5O3/c1-13(25-21(30)31-22(2,3)4)20(29)26-19-17(14-9-11-24-12-10-14)18(27-28-19)15-5-7-16(23)8-6-15/h5-13H,1-4H3,(H,25,30)(H2,26,27,28,29)/t13-/m0/s1. The number of benzene rings is 1. The molecule has 3 aromatic rings. The molecule has 9 heteroatoms. The van der Waals surface area contributed by atoms with E-state index in [1.807, 2.05) is 0 Å². The van der Waals surface area contributed by atoms with E-state index in [0.29, 0.717) is 16.8 Å². The number of halogens is 1. The lowest BCUT2D eigenvalue weighted by molar-refractivity contribution is -0.117. The number of aromatic nitrogens is 3. The normalized spacial score (nSPS) is 12.2. The summed E-state index contributed by atoms with van der Waals surface area (Å²) in [6.07, 6.45) is 2.54. The minimum Gasteiger partial charge on any atom is -0.444 e. The maximum Gasteiger partial charge on any atom is 0.408 e. The number of nitrogens with zero attached hydrogens (tertiary/aromatic N) is 2. The van der Waals surface area contributed by atoms with Gasteiger partial charge in [-0.25, -0.2) is 9.18 Å². The molecule has 162 valence electrons.